The summed E-state index contributed by atoms with van der Waals surface area (Å²) in [6, 6.07) is 0. The topological polar surface area (TPSA) is 45.5 Å². The van der Waals surface area contributed by atoms with Crippen LogP contribution < -0.4 is 5.46 Å². The Morgan fingerprint density at radius 3 is 2.60 bits per heavy atom. The first-order chi connectivity index (χ1) is 9.37. The van der Waals surface area contributed by atoms with Crippen molar-refractivity contribution in [1.82, 2.24) is 9.78 Å². The van der Waals surface area contributed by atoms with Gasteiger partial charge in [-0.3, -0.25) is 4.68 Å². The second kappa shape index (κ2) is 4.86. The van der Waals surface area contributed by atoms with E-state index in [9.17, 15) is 0 Å². The molecule has 0 bridgehead atoms. The van der Waals surface area contributed by atoms with E-state index in [4.69, 9.17) is 14.0 Å². The largest absolute Gasteiger partial charge is 0.498 e. The first-order valence-corrected chi connectivity index (χ1v) is 7.37. The molecule has 1 aromatic heterocycles. The zero-order valence-electron chi connectivity index (χ0n) is 12.8. The molecule has 2 fully saturated rings. The number of ether oxygens (including phenoxy) is 1. The van der Waals surface area contributed by atoms with E-state index in [1.807, 2.05) is 17.1 Å². The van der Waals surface area contributed by atoms with Crippen LogP contribution in [0.2, 0.25) is 0 Å². The maximum Gasteiger partial charge on any atom is 0.498 e. The first-order valence-electron chi connectivity index (χ1n) is 7.37. The number of nitrogens with zero attached hydrogens (tertiary/aromatic N) is 2. The SMILES string of the molecule is CC1(C)OB(c2cnn(C[C@@H]3CCCO3)c2)OC1(C)C. The third kappa shape index (κ3) is 2.52. The fourth-order valence-electron chi connectivity index (χ4n) is 2.58. The molecular formula is C14H23BN2O3. The molecule has 3 rings (SSSR count). The van der Waals surface area contributed by atoms with Crippen LogP contribution in [0.25, 0.3) is 0 Å². The zero-order valence-corrected chi connectivity index (χ0v) is 12.8. The second-order valence-electron chi connectivity index (χ2n) is 6.72. The van der Waals surface area contributed by atoms with Crippen molar-refractivity contribution in [3.8, 4) is 0 Å². The van der Waals surface area contributed by atoms with E-state index in [2.05, 4.69) is 32.8 Å². The molecule has 20 heavy (non-hydrogen) atoms. The summed E-state index contributed by atoms with van der Waals surface area (Å²) in [5, 5.41) is 4.40. The molecule has 110 valence electrons. The van der Waals surface area contributed by atoms with Crippen molar-refractivity contribution in [3.05, 3.63) is 12.4 Å². The van der Waals surface area contributed by atoms with Gasteiger partial charge in [0.2, 0.25) is 0 Å². The molecule has 0 unspecified atom stereocenters. The van der Waals surface area contributed by atoms with Crippen molar-refractivity contribution in [2.24, 2.45) is 0 Å². The highest BCUT2D eigenvalue weighted by Gasteiger charge is 2.52. The van der Waals surface area contributed by atoms with E-state index in [1.165, 1.54) is 0 Å². The van der Waals surface area contributed by atoms with Gasteiger partial charge in [0.25, 0.3) is 0 Å². The van der Waals surface area contributed by atoms with Gasteiger partial charge in [-0.15, -0.1) is 0 Å². The fraction of sp³-hybridized carbons (Fsp3) is 0.786. The van der Waals surface area contributed by atoms with E-state index in [1.54, 1.807) is 0 Å². The van der Waals surface area contributed by atoms with Crippen LogP contribution in [0.1, 0.15) is 40.5 Å². The highest BCUT2D eigenvalue weighted by molar-refractivity contribution is 6.61. The van der Waals surface area contributed by atoms with Crippen molar-refractivity contribution in [2.75, 3.05) is 6.61 Å². The molecule has 0 spiro atoms. The summed E-state index contributed by atoms with van der Waals surface area (Å²) >= 11 is 0. The van der Waals surface area contributed by atoms with Crippen LogP contribution in [0.5, 0.6) is 0 Å². The monoisotopic (exact) mass is 278 g/mol. The van der Waals surface area contributed by atoms with Gasteiger partial charge in [-0.1, -0.05) is 0 Å². The van der Waals surface area contributed by atoms with E-state index < -0.39 is 0 Å². The van der Waals surface area contributed by atoms with Gasteiger partial charge in [0, 0.05) is 24.5 Å². The minimum absolute atomic E-state index is 0.293. The molecule has 2 aliphatic rings. The Labute approximate surface area is 120 Å². The molecule has 0 aliphatic carbocycles. The van der Waals surface area contributed by atoms with Gasteiger partial charge in [-0.25, -0.2) is 0 Å². The molecule has 0 N–H and O–H groups in total. The number of rotatable bonds is 3. The lowest BCUT2D eigenvalue weighted by Gasteiger charge is -2.32. The minimum Gasteiger partial charge on any atom is -0.399 e. The highest BCUT2D eigenvalue weighted by Crippen LogP contribution is 2.36. The van der Waals surface area contributed by atoms with Crippen molar-refractivity contribution >= 4 is 12.6 Å². The van der Waals surface area contributed by atoms with E-state index >= 15 is 0 Å². The van der Waals surface area contributed by atoms with Crippen LogP contribution in [0.15, 0.2) is 12.4 Å². The van der Waals surface area contributed by atoms with Gasteiger partial charge in [-0.05, 0) is 40.5 Å². The van der Waals surface area contributed by atoms with Crippen LogP contribution in [0, 0.1) is 0 Å². The molecule has 3 heterocycles. The van der Waals surface area contributed by atoms with E-state index in [-0.39, 0.29) is 18.3 Å². The lowest BCUT2D eigenvalue weighted by atomic mass is 9.82. The van der Waals surface area contributed by atoms with Gasteiger partial charge in [-0.2, -0.15) is 5.10 Å². The first kappa shape index (κ1) is 14.1. The summed E-state index contributed by atoms with van der Waals surface area (Å²) in [5.41, 5.74) is 0.351. The average molecular weight is 278 g/mol. The summed E-state index contributed by atoms with van der Waals surface area (Å²) in [6.45, 7) is 9.91. The van der Waals surface area contributed by atoms with Crippen molar-refractivity contribution in [3.63, 3.8) is 0 Å². The van der Waals surface area contributed by atoms with Crippen LogP contribution in [-0.2, 0) is 20.6 Å². The minimum atomic E-state index is -0.335. The van der Waals surface area contributed by atoms with Crippen molar-refractivity contribution in [1.29, 1.82) is 0 Å². The molecule has 0 amide bonds. The lowest BCUT2D eigenvalue weighted by Crippen LogP contribution is -2.41. The highest BCUT2D eigenvalue weighted by atomic mass is 16.7. The second-order valence-corrected chi connectivity index (χ2v) is 6.72. The van der Waals surface area contributed by atoms with Crippen LogP contribution in [-0.4, -0.2) is 40.8 Å². The Balaban J connectivity index is 1.68. The summed E-state index contributed by atoms with van der Waals surface area (Å²) in [6.07, 6.45) is 6.39. The summed E-state index contributed by atoms with van der Waals surface area (Å²) in [5.74, 6) is 0. The van der Waals surface area contributed by atoms with Gasteiger partial charge in [0.1, 0.15) is 0 Å². The molecule has 1 atom stereocenters. The van der Waals surface area contributed by atoms with Gasteiger partial charge in [0.15, 0.2) is 0 Å². The Hall–Kier alpha value is -0.845. The summed E-state index contributed by atoms with van der Waals surface area (Å²) < 4.78 is 19.6. The molecular weight excluding hydrogens is 255 g/mol. The molecule has 1 aromatic rings. The number of aromatic nitrogens is 2. The number of hydrogen-bond donors (Lipinski definition) is 0. The van der Waals surface area contributed by atoms with E-state index in [0.29, 0.717) is 6.10 Å². The Morgan fingerprint density at radius 2 is 2.00 bits per heavy atom. The standard InChI is InChI=1S/C14H23BN2O3/c1-13(2)14(3,4)20-15(19-13)11-8-16-17(9-11)10-12-6-5-7-18-12/h8-9,12H,5-7,10H2,1-4H3/t12-/m0/s1. The normalized spacial score (nSPS) is 28.2. The van der Waals surface area contributed by atoms with E-state index in [0.717, 1.165) is 31.5 Å². The zero-order chi connectivity index (χ0) is 14.4. The Morgan fingerprint density at radius 1 is 1.30 bits per heavy atom. The smallest absolute Gasteiger partial charge is 0.399 e. The van der Waals surface area contributed by atoms with Crippen molar-refractivity contribution in [2.45, 2.75) is 64.4 Å². The third-order valence-corrected chi connectivity index (χ3v) is 4.59. The molecule has 0 aromatic carbocycles. The average Bonchev–Trinajstić information content (AvgIpc) is 3.02. The molecule has 6 heteroatoms. The maximum atomic E-state index is 6.03. The molecule has 2 aliphatic heterocycles. The van der Waals surface area contributed by atoms with Gasteiger partial charge < -0.3 is 14.0 Å². The van der Waals surface area contributed by atoms with Crippen LogP contribution in [0.4, 0.5) is 0 Å². The predicted octanol–water partition coefficient (Wildman–Crippen LogP) is 1.36. The van der Waals surface area contributed by atoms with Crippen LogP contribution in [0.3, 0.4) is 0 Å². The molecule has 0 radical (unpaired) electrons. The van der Waals surface area contributed by atoms with Gasteiger partial charge >= 0.3 is 7.12 Å². The quantitative estimate of drug-likeness (QED) is 0.783. The third-order valence-electron chi connectivity index (χ3n) is 4.59. The lowest BCUT2D eigenvalue weighted by molar-refractivity contribution is 0.00578. The maximum absolute atomic E-state index is 6.03. The molecule has 5 nitrogen and oxygen atoms in total. The Bertz CT molecular complexity index is 465. The van der Waals surface area contributed by atoms with Gasteiger partial charge in [0.05, 0.1) is 23.9 Å². The summed E-state index contributed by atoms with van der Waals surface area (Å²) in [7, 11) is -0.335. The fourth-order valence-corrected chi connectivity index (χ4v) is 2.58. The predicted molar refractivity (Wildman–Crippen MR) is 76.9 cm³/mol. The molecule has 0 saturated carbocycles. The number of hydrogen-bond acceptors (Lipinski definition) is 4. The Kier molecular flexibility index (Phi) is 3.43. The van der Waals surface area contributed by atoms with Crippen LogP contribution >= 0.6 is 0 Å². The van der Waals surface area contributed by atoms with Crippen molar-refractivity contribution < 1.29 is 14.0 Å². The molecule has 2 saturated heterocycles. The summed E-state index contributed by atoms with van der Waals surface area (Å²) in [4.78, 5) is 0.